The third kappa shape index (κ3) is 4.17. The molecule has 0 fully saturated rings. The van der Waals surface area contributed by atoms with Crippen LogP contribution in [-0.4, -0.2) is 36.4 Å². The van der Waals surface area contributed by atoms with Crippen LogP contribution >= 0.6 is 0 Å². The van der Waals surface area contributed by atoms with Crippen LogP contribution in [0.1, 0.15) is 53.6 Å². The smallest absolute Gasteiger partial charge is 0.311 e. The molecule has 2 heterocycles. The molecular formula is C24H28FN3O4. The monoisotopic (exact) mass is 441 g/mol. The zero-order valence-electron chi connectivity index (χ0n) is 19.1. The van der Waals surface area contributed by atoms with Gasteiger partial charge in [-0.25, -0.2) is 4.39 Å². The lowest BCUT2D eigenvalue weighted by atomic mass is 9.80. The van der Waals surface area contributed by atoms with E-state index in [9.17, 15) is 18.8 Å². The van der Waals surface area contributed by atoms with Gasteiger partial charge in [-0.3, -0.25) is 14.4 Å². The number of amides is 2. The van der Waals surface area contributed by atoms with Gasteiger partial charge in [-0.05, 0) is 63.5 Å². The molecule has 1 aliphatic heterocycles. The highest BCUT2D eigenvalue weighted by Gasteiger charge is 2.35. The van der Waals surface area contributed by atoms with Gasteiger partial charge in [0, 0.05) is 29.2 Å². The maximum atomic E-state index is 13.7. The summed E-state index contributed by atoms with van der Waals surface area (Å²) in [5.74, 6) is -1.55. The molecule has 0 saturated carbocycles. The number of aryl methyl sites for hydroxylation is 1. The van der Waals surface area contributed by atoms with Crippen LogP contribution in [0.5, 0.6) is 0 Å². The summed E-state index contributed by atoms with van der Waals surface area (Å²) >= 11 is 0. The van der Waals surface area contributed by atoms with Crippen LogP contribution in [0.3, 0.4) is 0 Å². The fourth-order valence-electron chi connectivity index (χ4n) is 3.76. The van der Waals surface area contributed by atoms with E-state index >= 15 is 0 Å². The maximum absolute atomic E-state index is 13.7. The molecule has 1 unspecified atom stereocenters. The highest BCUT2D eigenvalue weighted by atomic mass is 19.1. The SMILES string of the molecule is COC(=O)C(C)(C)C(C)CNC(=O)c1c(C)[nH]c(/C=C2\C(=O)Nc3ccc(F)cc32)c1C. The number of H-pyrrole nitrogens is 1. The number of anilines is 1. The number of hydrogen-bond acceptors (Lipinski definition) is 4. The van der Waals surface area contributed by atoms with Crippen molar-refractivity contribution >= 4 is 35.1 Å². The molecule has 1 aliphatic rings. The van der Waals surface area contributed by atoms with Crippen molar-refractivity contribution in [2.24, 2.45) is 11.3 Å². The van der Waals surface area contributed by atoms with E-state index in [0.717, 1.165) is 0 Å². The number of methoxy groups -OCH3 is 1. The quantitative estimate of drug-likeness (QED) is 0.469. The fourth-order valence-corrected chi connectivity index (χ4v) is 3.76. The van der Waals surface area contributed by atoms with E-state index in [-0.39, 0.29) is 30.2 Å². The van der Waals surface area contributed by atoms with E-state index < -0.39 is 11.2 Å². The molecule has 3 rings (SSSR count). The van der Waals surface area contributed by atoms with Gasteiger partial charge in [0.25, 0.3) is 11.8 Å². The molecule has 2 amide bonds. The molecule has 8 heteroatoms. The van der Waals surface area contributed by atoms with Gasteiger partial charge in [0.1, 0.15) is 5.82 Å². The van der Waals surface area contributed by atoms with Crippen molar-refractivity contribution in [3.05, 3.63) is 52.1 Å². The number of esters is 1. The van der Waals surface area contributed by atoms with Crippen LogP contribution in [0.4, 0.5) is 10.1 Å². The van der Waals surface area contributed by atoms with Gasteiger partial charge >= 0.3 is 5.97 Å². The molecule has 0 radical (unpaired) electrons. The van der Waals surface area contributed by atoms with E-state index in [1.165, 1.54) is 25.3 Å². The minimum atomic E-state index is -0.752. The summed E-state index contributed by atoms with van der Waals surface area (Å²) in [5, 5.41) is 5.60. The van der Waals surface area contributed by atoms with Gasteiger partial charge < -0.3 is 20.4 Å². The van der Waals surface area contributed by atoms with E-state index in [1.54, 1.807) is 33.8 Å². The van der Waals surface area contributed by atoms with Crippen molar-refractivity contribution in [1.82, 2.24) is 10.3 Å². The number of aromatic nitrogens is 1. The van der Waals surface area contributed by atoms with Gasteiger partial charge in [-0.1, -0.05) is 6.92 Å². The van der Waals surface area contributed by atoms with Crippen molar-refractivity contribution < 1.29 is 23.5 Å². The first kappa shape index (κ1) is 23.2. The molecular weight excluding hydrogens is 413 g/mol. The Balaban J connectivity index is 1.84. The summed E-state index contributed by atoms with van der Waals surface area (Å²) in [6.07, 6.45) is 1.63. The first-order chi connectivity index (χ1) is 15.0. The molecule has 1 aromatic heterocycles. The third-order valence-corrected chi connectivity index (χ3v) is 6.27. The van der Waals surface area contributed by atoms with Crippen molar-refractivity contribution in [2.75, 3.05) is 19.0 Å². The lowest BCUT2D eigenvalue weighted by molar-refractivity contribution is -0.153. The van der Waals surface area contributed by atoms with Crippen LogP contribution in [0.15, 0.2) is 18.2 Å². The second-order valence-electron chi connectivity index (χ2n) is 8.69. The molecule has 1 atom stereocenters. The summed E-state index contributed by atoms with van der Waals surface area (Å²) in [6.45, 7) is 9.27. The van der Waals surface area contributed by atoms with Gasteiger partial charge in [0.15, 0.2) is 0 Å². The minimum Gasteiger partial charge on any atom is -0.469 e. The van der Waals surface area contributed by atoms with E-state index in [2.05, 4.69) is 15.6 Å². The number of halogens is 1. The van der Waals surface area contributed by atoms with Crippen LogP contribution in [0, 0.1) is 31.0 Å². The second kappa shape index (κ2) is 8.61. The number of aromatic amines is 1. The first-order valence-corrected chi connectivity index (χ1v) is 10.4. The van der Waals surface area contributed by atoms with Crippen LogP contribution < -0.4 is 10.6 Å². The van der Waals surface area contributed by atoms with E-state index in [1.807, 2.05) is 6.92 Å². The highest BCUT2D eigenvalue weighted by Crippen LogP contribution is 2.34. The van der Waals surface area contributed by atoms with Crippen molar-refractivity contribution in [1.29, 1.82) is 0 Å². The number of hydrogen-bond donors (Lipinski definition) is 3. The summed E-state index contributed by atoms with van der Waals surface area (Å²) in [4.78, 5) is 40.5. The standard InChI is InChI=1S/C24H28FN3O4/c1-12(24(4,5)23(31)32-6)11-26-22(30)20-13(2)19(27-14(20)3)10-17-16-9-15(25)7-8-18(16)28-21(17)29/h7-10,12,27H,11H2,1-6H3,(H,26,30)(H,28,29)/b17-10-. The average Bonchev–Trinajstić information content (AvgIpc) is 3.20. The second-order valence-corrected chi connectivity index (χ2v) is 8.69. The summed E-state index contributed by atoms with van der Waals surface area (Å²) in [5.41, 5.74) is 2.98. The number of ether oxygens (including phenoxy) is 1. The minimum absolute atomic E-state index is 0.159. The molecule has 0 aliphatic carbocycles. The Hall–Kier alpha value is -3.42. The molecule has 7 nitrogen and oxygen atoms in total. The number of rotatable bonds is 6. The Morgan fingerprint density at radius 1 is 1.28 bits per heavy atom. The zero-order chi connectivity index (χ0) is 23.8. The normalized spacial score (nSPS) is 15.3. The van der Waals surface area contributed by atoms with Crippen LogP contribution in [-0.2, 0) is 14.3 Å². The number of fused-ring (bicyclic) bond motifs is 1. The van der Waals surface area contributed by atoms with Crippen molar-refractivity contribution in [3.63, 3.8) is 0 Å². The van der Waals surface area contributed by atoms with Crippen LogP contribution in [0.25, 0.3) is 11.6 Å². The van der Waals surface area contributed by atoms with Gasteiger partial charge in [0.2, 0.25) is 0 Å². The number of carbonyl (C=O) groups is 3. The zero-order valence-corrected chi connectivity index (χ0v) is 19.1. The average molecular weight is 442 g/mol. The van der Waals surface area contributed by atoms with E-state index in [4.69, 9.17) is 4.74 Å². The Bertz CT molecular complexity index is 1130. The molecule has 170 valence electrons. The van der Waals surface area contributed by atoms with Gasteiger partial charge in [-0.2, -0.15) is 0 Å². The number of carbonyl (C=O) groups excluding carboxylic acids is 3. The Morgan fingerprint density at radius 3 is 2.62 bits per heavy atom. The molecule has 0 spiro atoms. The maximum Gasteiger partial charge on any atom is 0.311 e. The van der Waals surface area contributed by atoms with Crippen molar-refractivity contribution in [3.8, 4) is 0 Å². The predicted octanol–water partition coefficient (Wildman–Crippen LogP) is 3.83. The molecule has 0 saturated heterocycles. The van der Waals surface area contributed by atoms with Gasteiger partial charge in [0.05, 0.1) is 23.7 Å². The number of nitrogens with one attached hydrogen (secondary N) is 3. The van der Waals surface area contributed by atoms with E-state index in [0.29, 0.717) is 39.3 Å². The fraction of sp³-hybridized carbons (Fsp3) is 0.375. The van der Waals surface area contributed by atoms with Gasteiger partial charge in [-0.15, -0.1) is 0 Å². The summed E-state index contributed by atoms with van der Waals surface area (Å²) < 4.78 is 18.6. The molecule has 1 aromatic carbocycles. The first-order valence-electron chi connectivity index (χ1n) is 10.4. The lowest BCUT2D eigenvalue weighted by Crippen LogP contribution is -2.40. The summed E-state index contributed by atoms with van der Waals surface area (Å²) in [7, 11) is 1.34. The predicted molar refractivity (Wildman–Crippen MR) is 120 cm³/mol. The molecule has 32 heavy (non-hydrogen) atoms. The van der Waals surface area contributed by atoms with Crippen LogP contribution in [0.2, 0.25) is 0 Å². The van der Waals surface area contributed by atoms with Crippen molar-refractivity contribution in [2.45, 2.75) is 34.6 Å². The third-order valence-electron chi connectivity index (χ3n) is 6.27. The molecule has 3 N–H and O–H groups in total. The Morgan fingerprint density at radius 2 is 1.97 bits per heavy atom. The Labute approximate surface area is 186 Å². The molecule has 2 aromatic rings. The summed E-state index contributed by atoms with van der Waals surface area (Å²) in [6, 6.07) is 4.12. The topological polar surface area (TPSA) is 100 Å². The lowest BCUT2D eigenvalue weighted by Gasteiger charge is -2.28. The highest BCUT2D eigenvalue weighted by molar-refractivity contribution is 6.34. The molecule has 0 bridgehead atoms. The largest absolute Gasteiger partial charge is 0.469 e. The Kier molecular flexibility index (Phi) is 6.25. The number of benzene rings is 1.